The van der Waals surface area contributed by atoms with E-state index >= 15 is 0 Å². The molecule has 7 heavy (non-hydrogen) atoms. The monoisotopic (exact) mass is 93.0 g/mol. The quantitative estimate of drug-likeness (QED) is 0.441. The Hall–Kier alpha value is -1.04. The highest BCUT2D eigenvalue weighted by Crippen LogP contribution is 1.85. The molecule has 0 saturated carbocycles. The minimum Gasteiger partial charge on any atom is -0.349 e. The molecule has 0 aromatic carbocycles. The Labute approximate surface area is 41.7 Å². The second-order valence-corrected chi connectivity index (χ2v) is 1.08. The maximum Gasteiger partial charge on any atom is 0.202 e. The number of nitrogens with one attached hydrogen (secondary N) is 1. The van der Waals surface area contributed by atoms with Crippen molar-refractivity contribution >= 4 is 5.84 Å². The second kappa shape index (κ2) is 1.61. The van der Waals surface area contributed by atoms with Crippen LogP contribution in [0.2, 0.25) is 0 Å². The number of nitrogens with zero attached hydrogens (tertiary/aromatic N) is 2. The van der Waals surface area contributed by atoms with E-state index in [0.29, 0.717) is 12.4 Å². The Morgan fingerprint density at radius 3 is 3.14 bits per heavy atom. The van der Waals surface area contributed by atoms with Crippen molar-refractivity contribution in [2.75, 3.05) is 6.54 Å². The maximum atomic E-state index is 8.08. The number of aliphatic imine (C=N–C) groups is 1. The number of amidine groups is 1. The lowest BCUT2D eigenvalue weighted by atomic mass is 10.7. The second-order valence-electron chi connectivity index (χ2n) is 1.08. The molecule has 0 saturated heterocycles. The van der Waals surface area contributed by atoms with Crippen LogP contribution in [0.3, 0.4) is 0 Å². The number of hydrogen-bond donors (Lipinski definition) is 1. The summed E-state index contributed by atoms with van der Waals surface area (Å²) in [7, 11) is 0. The van der Waals surface area contributed by atoms with Gasteiger partial charge in [-0.2, -0.15) is 5.26 Å². The molecule has 3 heteroatoms. The number of rotatable bonds is 0. The zero-order valence-electron chi connectivity index (χ0n) is 3.60. The van der Waals surface area contributed by atoms with Gasteiger partial charge in [0.1, 0.15) is 12.6 Å². The van der Waals surface area contributed by atoms with E-state index in [4.69, 9.17) is 5.26 Å². The first-order valence-electron chi connectivity index (χ1n) is 1.87. The van der Waals surface area contributed by atoms with Crippen LogP contribution < -0.4 is 5.32 Å². The van der Waals surface area contributed by atoms with Crippen LogP contribution in [0.5, 0.6) is 0 Å². The van der Waals surface area contributed by atoms with Crippen molar-refractivity contribution in [3.05, 3.63) is 6.54 Å². The molecule has 0 aromatic heterocycles. The summed E-state index contributed by atoms with van der Waals surface area (Å²) in [5, 5.41) is 10.6. The molecule has 0 amide bonds. The molecular formula is C4H3N3. The smallest absolute Gasteiger partial charge is 0.202 e. The predicted octanol–water partition coefficient (Wildman–Crippen LogP) is -0.450. The first-order valence-corrected chi connectivity index (χ1v) is 1.87. The summed E-state index contributed by atoms with van der Waals surface area (Å²) in [6, 6.07) is 1.84. The SMILES string of the molecule is N#CC1=NC[C]N1. The normalized spacial score (nSPS) is 17.3. The zero-order valence-corrected chi connectivity index (χ0v) is 3.60. The summed E-state index contributed by atoms with van der Waals surface area (Å²) in [6.07, 6.45) is 0. The van der Waals surface area contributed by atoms with Crippen LogP contribution in [0.1, 0.15) is 0 Å². The molecule has 0 spiro atoms. The molecule has 34 valence electrons. The summed E-state index contributed by atoms with van der Waals surface area (Å²) in [5.41, 5.74) is 0. The molecule has 1 aliphatic heterocycles. The fourth-order valence-corrected chi connectivity index (χ4v) is 0.345. The minimum atomic E-state index is 0.361. The molecule has 1 aliphatic rings. The van der Waals surface area contributed by atoms with Crippen molar-refractivity contribution in [2.45, 2.75) is 0 Å². The maximum absolute atomic E-state index is 8.08. The molecule has 2 radical (unpaired) electrons. The molecular weight excluding hydrogens is 90.1 g/mol. The molecule has 0 atom stereocenters. The van der Waals surface area contributed by atoms with Crippen molar-refractivity contribution in [2.24, 2.45) is 4.99 Å². The highest BCUT2D eigenvalue weighted by molar-refractivity contribution is 5.98. The Kier molecular flexibility index (Phi) is 0.947. The van der Waals surface area contributed by atoms with Crippen LogP contribution in [0, 0.1) is 17.9 Å². The van der Waals surface area contributed by atoms with E-state index in [-0.39, 0.29) is 0 Å². The molecule has 0 fully saturated rings. The van der Waals surface area contributed by atoms with Crippen LogP contribution in [0.15, 0.2) is 4.99 Å². The van der Waals surface area contributed by atoms with Gasteiger partial charge in [-0.25, -0.2) is 0 Å². The van der Waals surface area contributed by atoms with Crippen molar-refractivity contribution in [1.29, 1.82) is 5.26 Å². The third kappa shape index (κ3) is 0.686. The zero-order chi connectivity index (χ0) is 5.11. The van der Waals surface area contributed by atoms with Gasteiger partial charge < -0.3 is 5.32 Å². The van der Waals surface area contributed by atoms with Gasteiger partial charge in [-0.1, -0.05) is 0 Å². The van der Waals surface area contributed by atoms with Crippen LogP contribution in [-0.4, -0.2) is 12.4 Å². The van der Waals surface area contributed by atoms with E-state index in [1.807, 2.05) is 6.07 Å². The summed E-state index contributed by atoms with van der Waals surface area (Å²) in [6.45, 7) is 3.15. The molecule has 0 unspecified atom stereocenters. The third-order valence-electron chi connectivity index (χ3n) is 0.629. The van der Waals surface area contributed by atoms with Gasteiger partial charge >= 0.3 is 0 Å². The average molecular weight is 93.1 g/mol. The highest BCUT2D eigenvalue weighted by atomic mass is 15.1. The Bertz CT molecular complexity index is 130. The molecule has 0 aromatic rings. The van der Waals surface area contributed by atoms with E-state index in [9.17, 15) is 0 Å². The van der Waals surface area contributed by atoms with E-state index in [1.165, 1.54) is 0 Å². The van der Waals surface area contributed by atoms with E-state index in [2.05, 4.69) is 16.9 Å². The van der Waals surface area contributed by atoms with Gasteiger partial charge in [0.15, 0.2) is 0 Å². The van der Waals surface area contributed by atoms with Crippen LogP contribution >= 0.6 is 0 Å². The van der Waals surface area contributed by atoms with Gasteiger partial charge in [-0.3, -0.25) is 4.99 Å². The van der Waals surface area contributed by atoms with Crippen molar-refractivity contribution < 1.29 is 0 Å². The van der Waals surface area contributed by atoms with Crippen molar-refractivity contribution in [3.63, 3.8) is 0 Å². The first kappa shape index (κ1) is 4.13. The summed E-state index contributed by atoms with van der Waals surface area (Å²) in [5.74, 6) is 0.361. The minimum absolute atomic E-state index is 0.361. The Morgan fingerprint density at radius 1 is 2.00 bits per heavy atom. The third-order valence-corrected chi connectivity index (χ3v) is 0.629. The van der Waals surface area contributed by atoms with Crippen LogP contribution in [-0.2, 0) is 0 Å². The van der Waals surface area contributed by atoms with Gasteiger partial charge in [0.25, 0.3) is 0 Å². The van der Waals surface area contributed by atoms with Gasteiger partial charge in [-0.05, 0) is 0 Å². The topological polar surface area (TPSA) is 48.2 Å². The standard InChI is InChI=1S/C4H3N3/c5-3-4-6-1-2-7-4/h1H2,(H,6,7). The molecule has 1 N–H and O–H groups in total. The summed E-state index contributed by atoms with van der Waals surface area (Å²) >= 11 is 0. The van der Waals surface area contributed by atoms with Crippen LogP contribution in [0.4, 0.5) is 0 Å². The molecule has 1 rings (SSSR count). The molecule has 0 bridgehead atoms. The lowest BCUT2D eigenvalue weighted by Gasteiger charge is -1.80. The lowest BCUT2D eigenvalue weighted by molar-refractivity contribution is 1.11. The van der Waals surface area contributed by atoms with Gasteiger partial charge in [0.2, 0.25) is 5.84 Å². The van der Waals surface area contributed by atoms with Gasteiger partial charge in [0, 0.05) is 0 Å². The van der Waals surface area contributed by atoms with Gasteiger partial charge in [-0.15, -0.1) is 0 Å². The number of hydrogen-bond acceptors (Lipinski definition) is 3. The lowest BCUT2D eigenvalue weighted by Crippen LogP contribution is -2.11. The molecule has 1 heterocycles. The fraction of sp³-hybridized carbons (Fsp3) is 0.250. The van der Waals surface area contributed by atoms with E-state index in [1.54, 1.807) is 0 Å². The van der Waals surface area contributed by atoms with E-state index in [0.717, 1.165) is 0 Å². The highest BCUT2D eigenvalue weighted by Gasteiger charge is 2.01. The Morgan fingerprint density at radius 2 is 2.86 bits per heavy atom. The largest absolute Gasteiger partial charge is 0.349 e. The molecule has 0 aliphatic carbocycles. The van der Waals surface area contributed by atoms with Crippen molar-refractivity contribution in [1.82, 2.24) is 5.32 Å². The van der Waals surface area contributed by atoms with E-state index < -0.39 is 0 Å². The fourth-order valence-electron chi connectivity index (χ4n) is 0.345. The molecule has 3 nitrogen and oxygen atoms in total. The van der Waals surface area contributed by atoms with Gasteiger partial charge in [0.05, 0.1) is 6.54 Å². The average Bonchev–Trinajstić information content (AvgIpc) is 2.14. The van der Waals surface area contributed by atoms with Crippen molar-refractivity contribution in [3.8, 4) is 6.07 Å². The summed E-state index contributed by atoms with van der Waals surface area (Å²) < 4.78 is 0. The Balaban J connectivity index is 2.57. The predicted molar refractivity (Wildman–Crippen MR) is 24.3 cm³/mol. The number of nitriles is 1. The summed E-state index contributed by atoms with van der Waals surface area (Å²) in [4.78, 5) is 3.69. The first-order chi connectivity index (χ1) is 3.43. The van der Waals surface area contributed by atoms with Crippen LogP contribution in [0.25, 0.3) is 0 Å².